The third kappa shape index (κ3) is 2.16. The molecule has 1 aliphatic rings. The van der Waals surface area contributed by atoms with Crippen molar-refractivity contribution in [3.63, 3.8) is 0 Å². The monoisotopic (exact) mass is 324 g/mol. The average molecular weight is 324 g/mol. The number of aromatic amines is 3. The van der Waals surface area contributed by atoms with Gasteiger partial charge in [0.2, 0.25) is 0 Å². The smallest absolute Gasteiger partial charge is 0.323 e. The highest BCUT2D eigenvalue weighted by molar-refractivity contribution is 5.92. The minimum atomic E-state index is -0.221. The summed E-state index contributed by atoms with van der Waals surface area (Å²) in [6.45, 7) is 0.787. The summed E-state index contributed by atoms with van der Waals surface area (Å²) in [5, 5.41) is 0. The van der Waals surface area contributed by atoms with E-state index in [1.54, 1.807) is 0 Å². The van der Waals surface area contributed by atoms with Crippen LogP contribution < -0.4 is 5.69 Å². The summed E-state index contributed by atoms with van der Waals surface area (Å²) in [4.78, 5) is 24.7. The molecule has 1 aromatic carbocycles. The van der Waals surface area contributed by atoms with Crippen LogP contribution in [-0.2, 0) is 4.74 Å². The third-order valence-electron chi connectivity index (χ3n) is 4.47. The van der Waals surface area contributed by atoms with Gasteiger partial charge in [0.05, 0.1) is 22.1 Å². The molecule has 3 N–H and O–H groups in total. The van der Waals surface area contributed by atoms with Gasteiger partial charge in [-0.2, -0.15) is 0 Å². The fraction of sp³-hybridized carbons (Fsp3) is 0.294. The Bertz CT molecular complexity index is 1020. The van der Waals surface area contributed by atoms with Gasteiger partial charge in [-0.25, -0.2) is 9.78 Å². The Balaban J connectivity index is 1.54. The van der Waals surface area contributed by atoms with Crippen molar-refractivity contribution in [1.82, 2.24) is 19.9 Å². The minimum Gasteiger partial charge on any atom is -0.455 e. The topological polar surface area (TPSA) is 99.7 Å². The van der Waals surface area contributed by atoms with Gasteiger partial charge >= 0.3 is 5.69 Å². The van der Waals surface area contributed by atoms with Crippen LogP contribution in [0.4, 0.5) is 0 Å². The Morgan fingerprint density at radius 3 is 2.75 bits per heavy atom. The molecule has 7 heteroatoms. The first-order valence-electron chi connectivity index (χ1n) is 8.10. The van der Waals surface area contributed by atoms with E-state index < -0.39 is 0 Å². The molecular formula is C17H16N4O3. The quantitative estimate of drug-likeness (QED) is 0.527. The molecule has 1 aliphatic heterocycles. The molecule has 0 bridgehead atoms. The Kier molecular flexibility index (Phi) is 2.90. The number of imidazole rings is 2. The second kappa shape index (κ2) is 5.10. The van der Waals surface area contributed by atoms with Crippen LogP contribution in [-0.4, -0.2) is 26.5 Å². The highest BCUT2D eigenvalue weighted by Crippen LogP contribution is 2.32. The Morgan fingerprint density at radius 2 is 1.92 bits per heavy atom. The van der Waals surface area contributed by atoms with E-state index in [0.29, 0.717) is 11.6 Å². The van der Waals surface area contributed by atoms with Crippen LogP contribution in [0, 0.1) is 0 Å². The Hall–Kier alpha value is -2.80. The van der Waals surface area contributed by atoms with Gasteiger partial charge in [-0.3, -0.25) is 0 Å². The van der Waals surface area contributed by atoms with Crippen molar-refractivity contribution in [1.29, 1.82) is 0 Å². The summed E-state index contributed by atoms with van der Waals surface area (Å²) >= 11 is 0. The molecule has 0 radical (unpaired) electrons. The van der Waals surface area contributed by atoms with Crippen molar-refractivity contribution in [3.05, 3.63) is 40.5 Å². The number of ether oxygens (including phenoxy) is 1. The maximum atomic E-state index is 11.4. The summed E-state index contributed by atoms with van der Waals surface area (Å²) in [7, 11) is 0. The van der Waals surface area contributed by atoms with Gasteiger partial charge in [-0.05, 0) is 43.5 Å². The van der Waals surface area contributed by atoms with Crippen LogP contribution in [0.3, 0.4) is 0 Å². The molecule has 0 amide bonds. The highest BCUT2D eigenvalue weighted by atomic mass is 16.5. The predicted molar refractivity (Wildman–Crippen MR) is 88.8 cm³/mol. The minimum absolute atomic E-state index is 0.0418. The number of nitrogens with one attached hydrogen (secondary N) is 3. The number of aromatic nitrogens is 4. The largest absolute Gasteiger partial charge is 0.455 e. The number of hydrogen-bond acceptors (Lipinski definition) is 4. The average Bonchev–Trinajstić information content (AvgIpc) is 3.29. The van der Waals surface area contributed by atoms with Crippen LogP contribution in [0.2, 0.25) is 0 Å². The maximum absolute atomic E-state index is 11.4. The molecule has 5 rings (SSSR count). The fourth-order valence-electron chi connectivity index (χ4n) is 3.27. The van der Waals surface area contributed by atoms with Crippen molar-refractivity contribution in [2.24, 2.45) is 0 Å². The van der Waals surface area contributed by atoms with Gasteiger partial charge in [0.15, 0.2) is 11.6 Å². The molecule has 4 aromatic rings. The molecular weight excluding hydrogens is 308 g/mol. The summed E-state index contributed by atoms with van der Waals surface area (Å²) in [6, 6.07) is 7.59. The predicted octanol–water partition coefficient (Wildman–Crippen LogP) is 3.23. The zero-order chi connectivity index (χ0) is 16.1. The van der Waals surface area contributed by atoms with Gasteiger partial charge in [0.1, 0.15) is 11.9 Å². The number of benzene rings is 1. The van der Waals surface area contributed by atoms with E-state index >= 15 is 0 Å². The normalized spacial score (nSPS) is 18.6. The van der Waals surface area contributed by atoms with E-state index in [0.717, 1.165) is 53.7 Å². The first-order valence-corrected chi connectivity index (χ1v) is 8.10. The van der Waals surface area contributed by atoms with Crippen molar-refractivity contribution in [2.45, 2.75) is 25.4 Å². The second-order valence-corrected chi connectivity index (χ2v) is 6.14. The van der Waals surface area contributed by atoms with Crippen LogP contribution in [0.5, 0.6) is 0 Å². The zero-order valence-electron chi connectivity index (χ0n) is 12.9. The SMILES string of the molecule is O=c1[nH]c2cc3nc(-c4ccc([C@H]5CCCCO5)o4)[nH]c3cc2[nH]1. The lowest BCUT2D eigenvalue weighted by molar-refractivity contribution is 0.00219. The molecule has 24 heavy (non-hydrogen) atoms. The summed E-state index contributed by atoms with van der Waals surface area (Å²) in [5.41, 5.74) is 2.89. The summed E-state index contributed by atoms with van der Waals surface area (Å²) in [5.74, 6) is 2.20. The van der Waals surface area contributed by atoms with Crippen molar-refractivity contribution in [3.8, 4) is 11.6 Å². The first-order chi connectivity index (χ1) is 11.8. The maximum Gasteiger partial charge on any atom is 0.323 e. The van der Waals surface area contributed by atoms with E-state index in [4.69, 9.17) is 9.15 Å². The van der Waals surface area contributed by atoms with Crippen LogP contribution >= 0.6 is 0 Å². The van der Waals surface area contributed by atoms with Crippen molar-refractivity contribution >= 4 is 22.1 Å². The van der Waals surface area contributed by atoms with Gasteiger partial charge in [-0.1, -0.05) is 0 Å². The number of fused-ring (bicyclic) bond motifs is 2. The van der Waals surface area contributed by atoms with Crippen molar-refractivity contribution < 1.29 is 9.15 Å². The second-order valence-electron chi connectivity index (χ2n) is 6.14. The molecule has 1 saturated heterocycles. The third-order valence-corrected chi connectivity index (χ3v) is 4.47. The highest BCUT2D eigenvalue weighted by Gasteiger charge is 2.20. The van der Waals surface area contributed by atoms with E-state index in [9.17, 15) is 4.79 Å². The van der Waals surface area contributed by atoms with Gasteiger partial charge in [0.25, 0.3) is 0 Å². The number of furan rings is 1. The van der Waals surface area contributed by atoms with E-state index in [-0.39, 0.29) is 11.8 Å². The summed E-state index contributed by atoms with van der Waals surface area (Å²) < 4.78 is 11.7. The molecule has 0 unspecified atom stereocenters. The summed E-state index contributed by atoms with van der Waals surface area (Å²) in [6.07, 6.45) is 3.31. The Morgan fingerprint density at radius 1 is 1.04 bits per heavy atom. The van der Waals surface area contributed by atoms with Gasteiger partial charge in [0, 0.05) is 6.61 Å². The van der Waals surface area contributed by atoms with Crippen molar-refractivity contribution in [2.75, 3.05) is 6.61 Å². The number of H-pyrrole nitrogens is 3. The molecule has 4 heterocycles. The standard InChI is InChI=1S/C17H16N4O3/c22-17-20-11-7-9-10(8-12(11)21-17)19-16(18-9)15-5-4-14(24-15)13-3-1-2-6-23-13/h4-5,7-8,13H,1-3,6H2,(H,18,19)(H2,20,21,22)/t13-/m1/s1. The molecule has 122 valence electrons. The molecule has 1 atom stereocenters. The zero-order valence-corrected chi connectivity index (χ0v) is 12.9. The lowest BCUT2D eigenvalue weighted by Gasteiger charge is -2.20. The molecule has 7 nitrogen and oxygen atoms in total. The molecule has 0 aliphatic carbocycles. The van der Waals surface area contributed by atoms with Gasteiger partial charge < -0.3 is 24.1 Å². The van der Waals surface area contributed by atoms with Crippen LogP contribution in [0.1, 0.15) is 31.1 Å². The lowest BCUT2D eigenvalue weighted by Crippen LogP contribution is -2.10. The molecule has 3 aromatic heterocycles. The first kappa shape index (κ1) is 13.6. The Labute approximate surface area is 136 Å². The number of nitrogens with zero attached hydrogens (tertiary/aromatic N) is 1. The molecule has 0 spiro atoms. The lowest BCUT2D eigenvalue weighted by atomic mass is 10.1. The van der Waals surface area contributed by atoms with E-state index in [1.165, 1.54) is 0 Å². The van der Waals surface area contributed by atoms with Crippen LogP contribution in [0.25, 0.3) is 33.7 Å². The molecule has 0 saturated carbocycles. The number of rotatable bonds is 2. The van der Waals surface area contributed by atoms with E-state index in [2.05, 4.69) is 19.9 Å². The van der Waals surface area contributed by atoms with Crippen LogP contribution in [0.15, 0.2) is 33.5 Å². The molecule has 1 fully saturated rings. The number of hydrogen-bond donors (Lipinski definition) is 3. The van der Waals surface area contributed by atoms with E-state index in [1.807, 2.05) is 24.3 Å². The fourth-order valence-corrected chi connectivity index (χ4v) is 3.27. The van der Waals surface area contributed by atoms with Gasteiger partial charge in [-0.15, -0.1) is 0 Å².